The number of amides is 1. The normalized spacial score (nSPS) is 22.9. The molecule has 2 unspecified atom stereocenters. The van der Waals surface area contributed by atoms with Crippen LogP contribution in [0.15, 0.2) is 0 Å². The van der Waals surface area contributed by atoms with Crippen LogP contribution in [0.1, 0.15) is 26.2 Å². The maximum Gasteiger partial charge on any atom is 0.315 e. The van der Waals surface area contributed by atoms with Crippen LogP contribution < -0.4 is 0 Å². The van der Waals surface area contributed by atoms with Gasteiger partial charge < -0.3 is 15.1 Å². The van der Waals surface area contributed by atoms with Crippen LogP contribution in [-0.4, -0.2) is 46.7 Å². The molecule has 92 valence electrons. The first kappa shape index (κ1) is 13.0. The zero-order valence-electron chi connectivity index (χ0n) is 9.56. The molecule has 2 atom stereocenters. The maximum atomic E-state index is 11.8. The van der Waals surface area contributed by atoms with Crippen molar-refractivity contribution < 1.29 is 19.8 Å². The monoisotopic (exact) mass is 229 g/mol. The number of aliphatic hydroxyl groups is 1. The van der Waals surface area contributed by atoms with Crippen LogP contribution in [-0.2, 0) is 9.59 Å². The lowest BCUT2D eigenvalue weighted by atomic mass is 9.94. The van der Waals surface area contributed by atoms with Crippen LogP contribution in [0.2, 0.25) is 0 Å². The van der Waals surface area contributed by atoms with Crippen molar-refractivity contribution >= 4 is 11.9 Å². The second kappa shape index (κ2) is 5.84. The third-order valence-electron chi connectivity index (χ3n) is 3.11. The van der Waals surface area contributed by atoms with Crippen LogP contribution in [0, 0.1) is 11.8 Å². The molecule has 1 fully saturated rings. The molecular weight excluding hydrogens is 210 g/mol. The average Bonchev–Trinajstić information content (AvgIpc) is 2.28. The Labute approximate surface area is 95.1 Å². The number of rotatable bonds is 4. The summed E-state index contributed by atoms with van der Waals surface area (Å²) in [7, 11) is 0. The van der Waals surface area contributed by atoms with E-state index >= 15 is 0 Å². The average molecular weight is 229 g/mol. The van der Waals surface area contributed by atoms with Gasteiger partial charge >= 0.3 is 5.97 Å². The molecule has 2 N–H and O–H groups in total. The number of carboxylic acid groups (broad SMARTS) is 1. The number of nitrogens with zero attached hydrogens (tertiary/aromatic N) is 1. The molecule has 5 heteroatoms. The maximum absolute atomic E-state index is 11.8. The Bertz CT molecular complexity index is 265. The van der Waals surface area contributed by atoms with E-state index in [1.165, 1.54) is 6.92 Å². The quantitative estimate of drug-likeness (QED) is 0.681. The molecule has 16 heavy (non-hydrogen) atoms. The molecule has 0 saturated carbocycles. The molecular formula is C11H19NO4. The van der Waals surface area contributed by atoms with Gasteiger partial charge in [-0.3, -0.25) is 9.59 Å². The summed E-state index contributed by atoms with van der Waals surface area (Å²) in [5.41, 5.74) is 0. The van der Waals surface area contributed by atoms with Crippen molar-refractivity contribution in [1.82, 2.24) is 4.90 Å². The Hall–Kier alpha value is -1.10. The van der Waals surface area contributed by atoms with Gasteiger partial charge in [0.2, 0.25) is 5.91 Å². The molecule has 0 radical (unpaired) electrons. The van der Waals surface area contributed by atoms with Crippen molar-refractivity contribution in [3.8, 4) is 0 Å². The second-order valence-corrected chi connectivity index (χ2v) is 4.36. The van der Waals surface area contributed by atoms with E-state index in [9.17, 15) is 9.59 Å². The molecule has 1 amide bonds. The van der Waals surface area contributed by atoms with E-state index in [4.69, 9.17) is 10.2 Å². The summed E-state index contributed by atoms with van der Waals surface area (Å²) in [5, 5.41) is 17.6. The molecule has 0 bridgehead atoms. The lowest BCUT2D eigenvalue weighted by molar-refractivity contribution is -0.151. The van der Waals surface area contributed by atoms with Crippen molar-refractivity contribution in [1.29, 1.82) is 0 Å². The van der Waals surface area contributed by atoms with E-state index in [0.29, 0.717) is 25.4 Å². The molecule has 0 aromatic carbocycles. The zero-order chi connectivity index (χ0) is 12.1. The van der Waals surface area contributed by atoms with Crippen LogP contribution in [0.25, 0.3) is 0 Å². The van der Waals surface area contributed by atoms with Crippen molar-refractivity contribution in [2.45, 2.75) is 26.2 Å². The van der Waals surface area contributed by atoms with Gasteiger partial charge in [0.1, 0.15) is 5.92 Å². The Morgan fingerprint density at radius 1 is 1.50 bits per heavy atom. The molecule has 0 spiro atoms. The van der Waals surface area contributed by atoms with Gasteiger partial charge in [-0.25, -0.2) is 0 Å². The SMILES string of the molecule is CC(C(=O)O)C(=O)N1CCCC(CCO)C1. The molecule has 1 saturated heterocycles. The number of carbonyl (C=O) groups is 2. The Morgan fingerprint density at radius 3 is 2.75 bits per heavy atom. The summed E-state index contributed by atoms with van der Waals surface area (Å²) in [6.45, 7) is 2.76. The van der Waals surface area contributed by atoms with Crippen molar-refractivity contribution in [3.05, 3.63) is 0 Å². The minimum absolute atomic E-state index is 0.126. The van der Waals surface area contributed by atoms with Gasteiger partial charge in [0, 0.05) is 19.7 Å². The zero-order valence-corrected chi connectivity index (χ0v) is 9.56. The number of aliphatic carboxylic acids is 1. The first-order valence-electron chi connectivity index (χ1n) is 5.68. The highest BCUT2D eigenvalue weighted by Crippen LogP contribution is 2.20. The van der Waals surface area contributed by atoms with Crippen molar-refractivity contribution in [2.24, 2.45) is 11.8 Å². The number of likely N-dealkylation sites (tertiary alicyclic amines) is 1. The predicted octanol–water partition coefficient (Wildman–Crippen LogP) is 0.328. The molecule has 1 aliphatic rings. The summed E-state index contributed by atoms with van der Waals surface area (Å²) in [6, 6.07) is 0. The van der Waals surface area contributed by atoms with Crippen molar-refractivity contribution in [3.63, 3.8) is 0 Å². The molecule has 0 aliphatic carbocycles. The van der Waals surface area contributed by atoms with Gasteiger partial charge in [-0.15, -0.1) is 0 Å². The minimum Gasteiger partial charge on any atom is -0.481 e. The lowest BCUT2D eigenvalue weighted by Gasteiger charge is -2.33. The highest BCUT2D eigenvalue weighted by molar-refractivity contribution is 5.96. The number of carbonyl (C=O) groups excluding carboxylic acids is 1. The van der Waals surface area contributed by atoms with E-state index in [1.54, 1.807) is 4.90 Å². The molecule has 1 heterocycles. The number of hydrogen-bond donors (Lipinski definition) is 2. The van der Waals surface area contributed by atoms with Gasteiger partial charge in [0.05, 0.1) is 0 Å². The van der Waals surface area contributed by atoms with E-state index in [0.717, 1.165) is 12.8 Å². The third-order valence-corrected chi connectivity index (χ3v) is 3.11. The summed E-state index contributed by atoms with van der Waals surface area (Å²) >= 11 is 0. The summed E-state index contributed by atoms with van der Waals surface area (Å²) in [6.07, 6.45) is 2.58. The Morgan fingerprint density at radius 2 is 2.19 bits per heavy atom. The van der Waals surface area contributed by atoms with Gasteiger partial charge in [0.15, 0.2) is 0 Å². The molecule has 0 aromatic heterocycles. The largest absolute Gasteiger partial charge is 0.481 e. The summed E-state index contributed by atoms with van der Waals surface area (Å²) in [5.74, 6) is -2.04. The first-order valence-corrected chi connectivity index (χ1v) is 5.68. The molecule has 5 nitrogen and oxygen atoms in total. The van der Waals surface area contributed by atoms with E-state index in [-0.39, 0.29) is 12.5 Å². The van der Waals surface area contributed by atoms with E-state index in [1.807, 2.05) is 0 Å². The van der Waals surface area contributed by atoms with Gasteiger partial charge in [-0.2, -0.15) is 0 Å². The number of carboxylic acids is 1. The minimum atomic E-state index is -1.07. The fraction of sp³-hybridized carbons (Fsp3) is 0.818. The molecule has 1 rings (SSSR count). The van der Waals surface area contributed by atoms with E-state index < -0.39 is 11.9 Å². The fourth-order valence-corrected chi connectivity index (χ4v) is 2.06. The number of aliphatic hydroxyl groups excluding tert-OH is 1. The van der Waals surface area contributed by atoms with Crippen LogP contribution in [0.3, 0.4) is 0 Å². The number of hydrogen-bond acceptors (Lipinski definition) is 3. The first-order chi connectivity index (χ1) is 7.56. The standard InChI is InChI=1S/C11H19NO4/c1-8(11(15)16)10(14)12-5-2-3-9(7-12)4-6-13/h8-9,13H,2-7H2,1H3,(H,15,16). The van der Waals surface area contributed by atoms with Gasteiger partial charge in [-0.05, 0) is 32.1 Å². The van der Waals surface area contributed by atoms with Crippen LogP contribution in [0.5, 0.6) is 0 Å². The van der Waals surface area contributed by atoms with Crippen LogP contribution >= 0.6 is 0 Å². The summed E-state index contributed by atoms with van der Waals surface area (Å²) < 4.78 is 0. The Kier molecular flexibility index (Phi) is 4.73. The second-order valence-electron chi connectivity index (χ2n) is 4.36. The van der Waals surface area contributed by atoms with E-state index in [2.05, 4.69) is 0 Å². The lowest BCUT2D eigenvalue weighted by Crippen LogP contribution is -2.44. The smallest absolute Gasteiger partial charge is 0.315 e. The van der Waals surface area contributed by atoms with Gasteiger partial charge in [-0.1, -0.05) is 0 Å². The molecule has 0 aromatic rings. The fourth-order valence-electron chi connectivity index (χ4n) is 2.06. The van der Waals surface area contributed by atoms with Crippen molar-refractivity contribution in [2.75, 3.05) is 19.7 Å². The predicted molar refractivity (Wildman–Crippen MR) is 57.8 cm³/mol. The third kappa shape index (κ3) is 3.20. The van der Waals surface area contributed by atoms with Crippen LogP contribution in [0.4, 0.5) is 0 Å². The summed E-state index contributed by atoms with van der Waals surface area (Å²) in [4.78, 5) is 24.1. The Balaban J connectivity index is 2.53. The highest BCUT2D eigenvalue weighted by atomic mass is 16.4. The molecule has 1 aliphatic heterocycles. The van der Waals surface area contributed by atoms with Gasteiger partial charge in [0.25, 0.3) is 0 Å². The topological polar surface area (TPSA) is 77.8 Å². The number of piperidine rings is 1. The highest BCUT2D eigenvalue weighted by Gasteiger charge is 2.29.